The number of amides is 1. The molecule has 3 aromatic rings. The van der Waals surface area contributed by atoms with E-state index in [1.807, 2.05) is 12.1 Å². The second-order valence-electron chi connectivity index (χ2n) is 6.20. The highest BCUT2D eigenvalue weighted by atomic mass is 35.5. The lowest BCUT2D eigenvalue weighted by Gasteiger charge is -2.18. The number of rotatable bonds is 4. The lowest BCUT2D eigenvalue weighted by Crippen LogP contribution is -2.38. The van der Waals surface area contributed by atoms with Crippen molar-refractivity contribution < 1.29 is 9.18 Å². The topological polar surface area (TPSA) is 75.4 Å². The minimum Gasteiger partial charge on any atom is -0.353 e. The van der Waals surface area contributed by atoms with E-state index in [2.05, 4.69) is 25.5 Å². The molecule has 3 heterocycles. The quantitative estimate of drug-likeness (QED) is 0.754. The summed E-state index contributed by atoms with van der Waals surface area (Å²) in [6, 6.07) is 8.12. The smallest absolute Gasteiger partial charge is 0.224 e. The molecular weight excluding hydrogens is 359 g/mol. The molecule has 4 rings (SSSR count). The number of hydrogen-bond donors (Lipinski definition) is 1. The van der Waals surface area contributed by atoms with Crippen LogP contribution in [0.4, 0.5) is 10.2 Å². The predicted octanol–water partition coefficient (Wildman–Crippen LogP) is 1.85. The van der Waals surface area contributed by atoms with Crippen LogP contribution in [0.2, 0.25) is 5.02 Å². The van der Waals surface area contributed by atoms with Gasteiger partial charge in [0.15, 0.2) is 5.65 Å². The van der Waals surface area contributed by atoms with Gasteiger partial charge in [0, 0.05) is 29.7 Å². The van der Waals surface area contributed by atoms with Gasteiger partial charge >= 0.3 is 0 Å². The number of carbonyl (C=O) groups excluding carboxylic acids is 1. The van der Waals surface area contributed by atoms with Crippen LogP contribution in [0.3, 0.4) is 0 Å². The van der Waals surface area contributed by atoms with E-state index in [4.69, 9.17) is 11.6 Å². The third-order valence-electron chi connectivity index (χ3n) is 4.42. The van der Waals surface area contributed by atoms with E-state index >= 15 is 0 Å². The van der Waals surface area contributed by atoms with Gasteiger partial charge in [-0.2, -0.15) is 4.52 Å². The summed E-state index contributed by atoms with van der Waals surface area (Å²) in [6.07, 6.45) is 2.26. The molecule has 1 aliphatic heterocycles. The van der Waals surface area contributed by atoms with Crippen LogP contribution in [0.15, 0.2) is 36.7 Å². The summed E-state index contributed by atoms with van der Waals surface area (Å²) in [5, 5.41) is 15.4. The van der Waals surface area contributed by atoms with Gasteiger partial charge in [0.05, 0.1) is 6.42 Å². The normalized spacial score (nSPS) is 17.0. The summed E-state index contributed by atoms with van der Waals surface area (Å²) in [6.45, 7) is 1.41. The first-order valence-electron chi connectivity index (χ1n) is 8.24. The van der Waals surface area contributed by atoms with Gasteiger partial charge in [0.25, 0.3) is 0 Å². The maximum absolute atomic E-state index is 13.8. The maximum Gasteiger partial charge on any atom is 0.224 e. The number of hydrogen-bond acceptors (Lipinski definition) is 5. The molecule has 1 aliphatic rings. The summed E-state index contributed by atoms with van der Waals surface area (Å²) in [4.78, 5) is 14.3. The summed E-state index contributed by atoms with van der Waals surface area (Å²) >= 11 is 5.98. The number of carbonyl (C=O) groups is 1. The lowest BCUT2D eigenvalue weighted by molar-refractivity contribution is -0.121. The maximum atomic E-state index is 13.8. The van der Waals surface area contributed by atoms with E-state index in [1.165, 1.54) is 12.1 Å². The fraction of sp³-hybridized carbons (Fsp3) is 0.294. The first kappa shape index (κ1) is 16.7. The Hall–Kier alpha value is -2.74. The van der Waals surface area contributed by atoms with Gasteiger partial charge in [0.1, 0.15) is 18.0 Å². The zero-order valence-corrected chi connectivity index (χ0v) is 14.5. The summed E-state index contributed by atoms with van der Waals surface area (Å²) in [5.74, 6) is 0.0874. The van der Waals surface area contributed by atoms with Gasteiger partial charge in [-0.25, -0.2) is 4.39 Å². The number of fused-ring (bicyclic) bond motifs is 1. The van der Waals surface area contributed by atoms with E-state index in [9.17, 15) is 9.18 Å². The molecule has 1 amide bonds. The molecular formula is C17H16ClFN6O. The van der Waals surface area contributed by atoms with Crippen molar-refractivity contribution in [3.63, 3.8) is 0 Å². The molecule has 2 aromatic heterocycles. The molecule has 0 aliphatic carbocycles. The van der Waals surface area contributed by atoms with Crippen molar-refractivity contribution in [3.05, 3.63) is 53.1 Å². The number of nitrogens with zero attached hydrogens (tertiary/aromatic N) is 5. The Balaban J connectivity index is 1.38. The average Bonchev–Trinajstić information content (AvgIpc) is 3.26. The number of anilines is 1. The molecule has 0 spiro atoms. The van der Waals surface area contributed by atoms with E-state index in [0.29, 0.717) is 12.2 Å². The highest BCUT2D eigenvalue weighted by Crippen LogP contribution is 2.21. The molecule has 134 valence electrons. The number of nitrogens with one attached hydrogen (secondary N) is 1. The Morgan fingerprint density at radius 3 is 3.08 bits per heavy atom. The number of aromatic nitrogens is 4. The molecule has 1 N–H and O–H groups in total. The molecule has 0 bridgehead atoms. The predicted molar refractivity (Wildman–Crippen MR) is 94.7 cm³/mol. The number of benzene rings is 1. The summed E-state index contributed by atoms with van der Waals surface area (Å²) < 4.78 is 15.4. The summed E-state index contributed by atoms with van der Waals surface area (Å²) in [5.41, 5.74) is 0.904. The Morgan fingerprint density at radius 1 is 1.35 bits per heavy atom. The second kappa shape index (κ2) is 6.87. The van der Waals surface area contributed by atoms with Gasteiger partial charge in [0.2, 0.25) is 5.91 Å². The fourth-order valence-corrected chi connectivity index (χ4v) is 3.34. The van der Waals surface area contributed by atoms with Crippen molar-refractivity contribution in [1.29, 1.82) is 0 Å². The Kier molecular flexibility index (Phi) is 4.42. The Labute approximate surface area is 153 Å². The first-order valence-corrected chi connectivity index (χ1v) is 8.62. The Bertz CT molecular complexity index is 941. The lowest BCUT2D eigenvalue weighted by atomic mass is 10.1. The van der Waals surface area contributed by atoms with Crippen LogP contribution in [-0.2, 0) is 11.2 Å². The van der Waals surface area contributed by atoms with E-state index in [0.717, 1.165) is 18.8 Å². The summed E-state index contributed by atoms with van der Waals surface area (Å²) in [7, 11) is 0. The van der Waals surface area contributed by atoms with Crippen LogP contribution in [0.25, 0.3) is 5.65 Å². The SMILES string of the molecule is O=C(Cc1c(F)cccc1Cl)NC1CCN(c2ccc3nncn3n2)C1. The van der Waals surface area contributed by atoms with Crippen molar-refractivity contribution in [2.24, 2.45) is 0 Å². The molecule has 1 aromatic carbocycles. The van der Waals surface area contributed by atoms with Gasteiger partial charge in [-0.3, -0.25) is 4.79 Å². The standard InChI is InChI=1S/C17H16ClFN6O/c18-13-2-1-3-14(19)12(13)8-17(26)21-11-6-7-24(9-11)16-5-4-15-22-20-10-25(15)23-16/h1-5,10-11H,6-9H2,(H,21,26). The van der Waals surface area contributed by atoms with Crippen molar-refractivity contribution in [2.75, 3.05) is 18.0 Å². The molecule has 26 heavy (non-hydrogen) atoms. The zero-order chi connectivity index (χ0) is 18.1. The van der Waals surface area contributed by atoms with E-state index < -0.39 is 5.82 Å². The van der Waals surface area contributed by atoms with Crippen LogP contribution in [0, 0.1) is 5.82 Å². The highest BCUT2D eigenvalue weighted by Gasteiger charge is 2.25. The van der Waals surface area contributed by atoms with Crippen molar-refractivity contribution in [3.8, 4) is 0 Å². The third-order valence-corrected chi connectivity index (χ3v) is 4.78. The average molecular weight is 375 g/mol. The van der Waals surface area contributed by atoms with Crippen LogP contribution in [0.1, 0.15) is 12.0 Å². The minimum atomic E-state index is -0.466. The van der Waals surface area contributed by atoms with E-state index in [-0.39, 0.29) is 29.0 Å². The molecule has 9 heteroatoms. The molecule has 0 saturated carbocycles. The highest BCUT2D eigenvalue weighted by molar-refractivity contribution is 6.31. The largest absolute Gasteiger partial charge is 0.353 e. The second-order valence-corrected chi connectivity index (χ2v) is 6.61. The monoisotopic (exact) mass is 374 g/mol. The fourth-order valence-electron chi connectivity index (χ4n) is 3.11. The van der Waals surface area contributed by atoms with Gasteiger partial charge in [-0.1, -0.05) is 17.7 Å². The van der Waals surface area contributed by atoms with Crippen molar-refractivity contribution in [1.82, 2.24) is 25.1 Å². The van der Waals surface area contributed by atoms with E-state index in [1.54, 1.807) is 16.9 Å². The van der Waals surface area contributed by atoms with Gasteiger partial charge in [-0.15, -0.1) is 15.3 Å². The van der Waals surface area contributed by atoms with Crippen LogP contribution < -0.4 is 10.2 Å². The molecule has 1 fully saturated rings. The van der Waals surface area contributed by atoms with Crippen molar-refractivity contribution >= 4 is 29.0 Å². The third kappa shape index (κ3) is 3.32. The minimum absolute atomic E-state index is 0.0218. The molecule has 1 unspecified atom stereocenters. The zero-order valence-electron chi connectivity index (χ0n) is 13.8. The van der Waals surface area contributed by atoms with Gasteiger partial charge in [-0.05, 0) is 30.7 Å². The van der Waals surface area contributed by atoms with Crippen LogP contribution in [0.5, 0.6) is 0 Å². The van der Waals surface area contributed by atoms with Gasteiger partial charge < -0.3 is 10.2 Å². The van der Waals surface area contributed by atoms with Crippen LogP contribution >= 0.6 is 11.6 Å². The Morgan fingerprint density at radius 2 is 2.23 bits per heavy atom. The molecule has 1 atom stereocenters. The molecule has 0 radical (unpaired) electrons. The van der Waals surface area contributed by atoms with Crippen LogP contribution in [-0.4, -0.2) is 44.8 Å². The first-order chi connectivity index (χ1) is 12.6. The molecule has 7 nitrogen and oxygen atoms in total. The molecule has 1 saturated heterocycles. The number of halogens is 2. The van der Waals surface area contributed by atoms with Crippen molar-refractivity contribution in [2.45, 2.75) is 18.9 Å².